The molecule has 1 aromatic heterocycles. The van der Waals surface area contributed by atoms with Gasteiger partial charge in [0.1, 0.15) is 29.4 Å². The largest absolute Gasteiger partial charge is 0.457 e. The molecule has 3 N–H and O–H groups in total. The fourth-order valence-electron chi connectivity index (χ4n) is 3.89. The van der Waals surface area contributed by atoms with Gasteiger partial charge in [-0.1, -0.05) is 12.1 Å². The first-order valence-electron chi connectivity index (χ1n) is 11.0. The van der Waals surface area contributed by atoms with E-state index in [-0.39, 0.29) is 11.9 Å². The van der Waals surface area contributed by atoms with Gasteiger partial charge in [0.15, 0.2) is 0 Å². The normalized spacial score (nSPS) is 15.7. The Balaban J connectivity index is 1.33. The summed E-state index contributed by atoms with van der Waals surface area (Å²) in [6, 6.07) is 21.4. The Morgan fingerprint density at radius 2 is 1.85 bits per heavy atom. The van der Waals surface area contributed by atoms with Gasteiger partial charge >= 0.3 is 0 Å². The van der Waals surface area contributed by atoms with Crippen molar-refractivity contribution in [2.24, 2.45) is 5.73 Å². The molecule has 0 spiro atoms. The third-order valence-electron chi connectivity index (χ3n) is 5.66. The summed E-state index contributed by atoms with van der Waals surface area (Å²) in [7, 11) is 0. The standard InChI is InChI=1S/C26H24N6O2/c27-16-19-3-1-13-30-25(19)31-20-7-11-23(12-8-20)34-22-9-5-18(6-10-22)15-24(29)26(33)32-14-2-4-21(32)17-28/h1,3,5-13,21,24H,2,4,14-15,29H2,(H,30,31)/t21-,24-/m0/s1. The minimum absolute atomic E-state index is 0.175. The Kier molecular flexibility index (Phi) is 7.02. The van der Waals surface area contributed by atoms with E-state index in [1.807, 2.05) is 48.5 Å². The predicted octanol–water partition coefficient (Wildman–Crippen LogP) is 3.87. The molecule has 2 aromatic carbocycles. The van der Waals surface area contributed by atoms with Crippen molar-refractivity contribution in [1.82, 2.24) is 9.88 Å². The van der Waals surface area contributed by atoms with Gasteiger partial charge in [0.25, 0.3) is 0 Å². The first kappa shape index (κ1) is 22.8. The second-order valence-electron chi connectivity index (χ2n) is 8.04. The average Bonchev–Trinajstić information content (AvgIpc) is 3.35. The number of amides is 1. The zero-order chi connectivity index (χ0) is 23.9. The molecule has 3 aromatic rings. The molecule has 34 heavy (non-hydrogen) atoms. The Morgan fingerprint density at radius 3 is 2.53 bits per heavy atom. The maximum Gasteiger partial charge on any atom is 0.240 e. The van der Waals surface area contributed by atoms with Gasteiger partial charge in [-0.15, -0.1) is 0 Å². The summed E-state index contributed by atoms with van der Waals surface area (Å²) < 4.78 is 5.91. The highest BCUT2D eigenvalue weighted by Gasteiger charge is 2.31. The van der Waals surface area contributed by atoms with Gasteiger partial charge < -0.3 is 20.7 Å². The molecule has 0 radical (unpaired) electrons. The van der Waals surface area contributed by atoms with Crippen LogP contribution in [0.2, 0.25) is 0 Å². The van der Waals surface area contributed by atoms with E-state index in [1.165, 1.54) is 0 Å². The number of hydrogen-bond donors (Lipinski definition) is 2. The molecule has 4 rings (SSSR count). The number of hydrogen-bond acceptors (Lipinski definition) is 7. The Morgan fingerprint density at radius 1 is 1.15 bits per heavy atom. The van der Waals surface area contributed by atoms with E-state index in [4.69, 9.17) is 10.5 Å². The molecule has 0 saturated carbocycles. The Bertz CT molecular complexity index is 1230. The smallest absolute Gasteiger partial charge is 0.240 e. The van der Waals surface area contributed by atoms with E-state index in [0.29, 0.717) is 42.3 Å². The molecule has 0 aliphatic carbocycles. The SMILES string of the molecule is N#Cc1cccnc1Nc1ccc(Oc2ccc(C[C@H](N)C(=O)N3CCC[C@H]3C#N)cc2)cc1. The van der Waals surface area contributed by atoms with Gasteiger partial charge in [0.2, 0.25) is 5.91 Å². The zero-order valence-corrected chi connectivity index (χ0v) is 18.5. The van der Waals surface area contributed by atoms with Crippen LogP contribution < -0.4 is 15.8 Å². The minimum Gasteiger partial charge on any atom is -0.457 e. The highest BCUT2D eigenvalue weighted by Crippen LogP contribution is 2.25. The predicted molar refractivity (Wildman–Crippen MR) is 127 cm³/mol. The van der Waals surface area contributed by atoms with Crippen molar-refractivity contribution >= 4 is 17.4 Å². The van der Waals surface area contributed by atoms with Crippen LogP contribution in [0.4, 0.5) is 11.5 Å². The summed E-state index contributed by atoms with van der Waals surface area (Å²) in [4.78, 5) is 18.4. The summed E-state index contributed by atoms with van der Waals surface area (Å²) in [5.74, 6) is 1.64. The number of aromatic nitrogens is 1. The van der Waals surface area contributed by atoms with E-state index in [1.54, 1.807) is 23.2 Å². The van der Waals surface area contributed by atoms with Crippen molar-refractivity contribution < 1.29 is 9.53 Å². The number of benzene rings is 2. The van der Waals surface area contributed by atoms with Gasteiger partial charge in [0, 0.05) is 18.4 Å². The van der Waals surface area contributed by atoms with Crippen LogP contribution in [-0.2, 0) is 11.2 Å². The molecule has 2 atom stereocenters. The van der Waals surface area contributed by atoms with Crippen LogP contribution in [-0.4, -0.2) is 34.4 Å². The molecule has 1 saturated heterocycles. The molecule has 2 heterocycles. The quantitative estimate of drug-likeness (QED) is 0.557. The minimum atomic E-state index is -0.679. The van der Waals surface area contributed by atoms with Crippen molar-refractivity contribution in [3.8, 4) is 23.6 Å². The number of carbonyl (C=O) groups excluding carboxylic acids is 1. The van der Waals surface area contributed by atoms with E-state index in [9.17, 15) is 15.3 Å². The lowest BCUT2D eigenvalue weighted by molar-refractivity contribution is -0.132. The number of anilines is 2. The number of nitrogens with one attached hydrogen (secondary N) is 1. The first-order chi connectivity index (χ1) is 16.6. The Hall–Kier alpha value is -4.40. The molecule has 8 nitrogen and oxygen atoms in total. The Labute approximate surface area is 198 Å². The van der Waals surface area contributed by atoms with Gasteiger partial charge in [-0.3, -0.25) is 4.79 Å². The monoisotopic (exact) mass is 452 g/mol. The second-order valence-corrected chi connectivity index (χ2v) is 8.04. The van der Waals surface area contributed by atoms with Crippen molar-refractivity contribution in [3.05, 3.63) is 78.0 Å². The molecule has 0 bridgehead atoms. The zero-order valence-electron chi connectivity index (χ0n) is 18.5. The summed E-state index contributed by atoms with van der Waals surface area (Å²) in [6.07, 6.45) is 3.57. The molecule has 1 aliphatic heterocycles. The maximum atomic E-state index is 12.6. The number of nitrogens with zero attached hydrogens (tertiary/aromatic N) is 4. The van der Waals surface area contributed by atoms with Crippen LogP contribution in [0.25, 0.3) is 0 Å². The van der Waals surface area contributed by atoms with Crippen LogP contribution >= 0.6 is 0 Å². The van der Waals surface area contributed by atoms with Gasteiger partial charge in [-0.2, -0.15) is 10.5 Å². The number of likely N-dealkylation sites (tertiary alicyclic amines) is 1. The number of nitrogens with two attached hydrogens (primary N) is 1. The summed E-state index contributed by atoms with van der Waals surface area (Å²) >= 11 is 0. The van der Waals surface area contributed by atoms with Crippen molar-refractivity contribution in [3.63, 3.8) is 0 Å². The van der Waals surface area contributed by atoms with Gasteiger partial charge in [0.05, 0.1) is 17.7 Å². The number of nitriles is 2. The fourth-order valence-corrected chi connectivity index (χ4v) is 3.89. The van der Waals surface area contributed by atoms with Crippen LogP contribution in [0.15, 0.2) is 66.9 Å². The van der Waals surface area contributed by atoms with E-state index >= 15 is 0 Å². The molecule has 0 unspecified atom stereocenters. The molecule has 1 aliphatic rings. The lowest BCUT2D eigenvalue weighted by atomic mass is 10.0. The molecule has 170 valence electrons. The first-order valence-corrected chi connectivity index (χ1v) is 11.0. The second kappa shape index (κ2) is 10.5. The van der Waals surface area contributed by atoms with Crippen LogP contribution in [0.1, 0.15) is 24.0 Å². The van der Waals surface area contributed by atoms with E-state index in [2.05, 4.69) is 22.4 Å². The third-order valence-corrected chi connectivity index (χ3v) is 5.66. The highest BCUT2D eigenvalue weighted by molar-refractivity contribution is 5.82. The molecule has 1 fully saturated rings. The van der Waals surface area contributed by atoms with Gasteiger partial charge in [-0.25, -0.2) is 4.98 Å². The summed E-state index contributed by atoms with van der Waals surface area (Å²) in [6.45, 7) is 0.590. The molecular formula is C26H24N6O2. The maximum absolute atomic E-state index is 12.6. The average molecular weight is 453 g/mol. The molecule has 8 heteroatoms. The lowest BCUT2D eigenvalue weighted by Gasteiger charge is -2.23. The van der Waals surface area contributed by atoms with Gasteiger partial charge in [-0.05, 0) is 73.4 Å². The number of carbonyl (C=O) groups is 1. The third kappa shape index (κ3) is 5.32. The fraction of sp³-hybridized carbons (Fsp3) is 0.231. The van der Waals surface area contributed by atoms with Crippen LogP contribution in [0.5, 0.6) is 11.5 Å². The number of ether oxygens (including phenoxy) is 1. The van der Waals surface area contributed by atoms with Crippen molar-refractivity contribution in [2.45, 2.75) is 31.3 Å². The van der Waals surface area contributed by atoms with Crippen molar-refractivity contribution in [1.29, 1.82) is 10.5 Å². The molecular weight excluding hydrogens is 428 g/mol. The number of pyridine rings is 1. The topological polar surface area (TPSA) is 128 Å². The lowest BCUT2D eigenvalue weighted by Crippen LogP contribution is -2.46. The number of rotatable bonds is 7. The van der Waals surface area contributed by atoms with E-state index in [0.717, 1.165) is 17.7 Å². The highest BCUT2D eigenvalue weighted by atomic mass is 16.5. The van der Waals surface area contributed by atoms with Crippen LogP contribution in [0, 0.1) is 22.7 Å². The summed E-state index contributed by atoms with van der Waals surface area (Å²) in [5.41, 5.74) is 8.31. The van der Waals surface area contributed by atoms with Crippen molar-refractivity contribution in [2.75, 3.05) is 11.9 Å². The van der Waals surface area contributed by atoms with E-state index < -0.39 is 6.04 Å². The van der Waals surface area contributed by atoms with Crippen LogP contribution in [0.3, 0.4) is 0 Å². The summed E-state index contributed by atoms with van der Waals surface area (Å²) in [5, 5.41) is 21.5. The molecule has 1 amide bonds.